The lowest BCUT2D eigenvalue weighted by Gasteiger charge is -2.36. The van der Waals surface area contributed by atoms with Crippen LogP contribution in [0.1, 0.15) is 22.0 Å². The molecule has 5 nitrogen and oxygen atoms in total. The van der Waals surface area contributed by atoms with Crippen LogP contribution in [0.4, 0.5) is 4.39 Å². The van der Waals surface area contributed by atoms with Gasteiger partial charge in [-0.05, 0) is 42.0 Å². The zero-order valence-electron chi connectivity index (χ0n) is 15.6. The van der Waals surface area contributed by atoms with Gasteiger partial charge in [0.25, 0.3) is 5.91 Å². The van der Waals surface area contributed by atoms with Crippen LogP contribution in [0, 0.1) is 5.82 Å². The smallest absolute Gasteiger partial charge is 0.255 e. The standard InChI is InChI=1S/C21H20ClFN2O3S/c22-16-6-4-14(5-7-16)20(26)25-13-29-12-18(25)21(27)24-8-9-28-19(11-24)15-2-1-3-17(23)10-15/h1-7,10,18-19H,8-9,11-13H2. The molecule has 0 bridgehead atoms. The van der Waals surface area contributed by atoms with Crippen molar-refractivity contribution in [1.82, 2.24) is 9.80 Å². The normalized spacial score (nSPS) is 22.0. The number of carbonyl (C=O) groups excluding carboxylic acids is 2. The lowest BCUT2D eigenvalue weighted by atomic mass is 10.1. The van der Waals surface area contributed by atoms with Crippen molar-refractivity contribution in [2.24, 2.45) is 0 Å². The van der Waals surface area contributed by atoms with E-state index in [0.29, 0.717) is 47.5 Å². The van der Waals surface area contributed by atoms with Gasteiger partial charge in [-0.1, -0.05) is 23.7 Å². The Bertz CT molecular complexity index is 911. The fraction of sp³-hybridized carbons (Fsp3) is 0.333. The van der Waals surface area contributed by atoms with E-state index >= 15 is 0 Å². The van der Waals surface area contributed by atoms with Crippen molar-refractivity contribution in [3.05, 3.63) is 70.5 Å². The third-order valence-corrected chi connectivity index (χ3v) is 6.38. The zero-order valence-corrected chi connectivity index (χ0v) is 17.2. The van der Waals surface area contributed by atoms with Gasteiger partial charge in [0, 0.05) is 22.9 Å². The van der Waals surface area contributed by atoms with Crippen LogP contribution in [0.15, 0.2) is 48.5 Å². The maximum atomic E-state index is 13.6. The summed E-state index contributed by atoms with van der Waals surface area (Å²) in [5, 5.41) is 0.557. The van der Waals surface area contributed by atoms with Crippen molar-refractivity contribution >= 4 is 35.2 Å². The van der Waals surface area contributed by atoms with Gasteiger partial charge in [-0.2, -0.15) is 0 Å². The molecule has 2 heterocycles. The Kier molecular flexibility index (Phi) is 6.08. The largest absolute Gasteiger partial charge is 0.370 e. The fourth-order valence-electron chi connectivity index (χ4n) is 3.57. The van der Waals surface area contributed by atoms with Crippen LogP contribution in [-0.4, -0.2) is 59.0 Å². The van der Waals surface area contributed by atoms with Crippen molar-refractivity contribution in [2.45, 2.75) is 12.1 Å². The summed E-state index contributed by atoms with van der Waals surface area (Å²) in [7, 11) is 0. The number of hydrogen-bond acceptors (Lipinski definition) is 4. The third-order valence-electron chi connectivity index (χ3n) is 5.12. The first-order valence-electron chi connectivity index (χ1n) is 9.33. The number of benzene rings is 2. The van der Waals surface area contributed by atoms with E-state index in [4.69, 9.17) is 16.3 Å². The Morgan fingerprint density at radius 3 is 2.72 bits per heavy atom. The molecule has 2 aliphatic heterocycles. The Morgan fingerprint density at radius 2 is 1.97 bits per heavy atom. The van der Waals surface area contributed by atoms with Gasteiger partial charge in [0.15, 0.2) is 0 Å². The molecule has 2 fully saturated rings. The molecule has 0 saturated carbocycles. The minimum Gasteiger partial charge on any atom is -0.370 e. The quantitative estimate of drug-likeness (QED) is 0.740. The molecule has 152 valence electrons. The molecule has 2 aromatic carbocycles. The van der Waals surface area contributed by atoms with Gasteiger partial charge in [-0.15, -0.1) is 11.8 Å². The summed E-state index contributed by atoms with van der Waals surface area (Å²) in [4.78, 5) is 29.5. The molecule has 0 spiro atoms. The predicted molar refractivity (Wildman–Crippen MR) is 110 cm³/mol. The van der Waals surface area contributed by atoms with Crippen LogP contribution in [0.25, 0.3) is 0 Å². The summed E-state index contributed by atoms with van der Waals surface area (Å²) in [5.74, 6) is 0.416. The molecule has 2 amide bonds. The molecule has 0 radical (unpaired) electrons. The van der Waals surface area contributed by atoms with Crippen molar-refractivity contribution in [1.29, 1.82) is 0 Å². The molecule has 0 aliphatic carbocycles. The van der Waals surface area contributed by atoms with Crippen LogP contribution in [0.2, 0.25) is 5.02 Å². The molecule has 0 aromatic heterocycles. The van der Waals surface area contributed by atoms with E-state index in [-0.39, 0.29) is 23.7 Å². The van der Waals surface area contributed by atoms with Gasteiger partial charge in [0.1, 0.15) is 18.0 Å². The lowest BCUT2D eigenvalue weighted by molar-refractivity contribution is -0.142. The van der Waals surface area contributed by atoms with Crippen LogP contribution in [-0.2, 0) is 9.53 Å². The van der Waals surface area contributed by atoms with Crippen LogP contribution >= 0.6 is 23.4 Å². The molecule has 2 aromatic rings. The second-order valence-corrected chi connectivity index (χ2v) is 8.43. The SMILES string of the molecule is O=C(C1CSCN1C(=O)c1ccc(Cl)cc1)N1CCOC(c2cccc(F)c2)C1. The summed E-state index contributed by atoms with van der Waals surface area (Å²) < 4.78 is 19.3. The van der Waals surface area contributed by atoms with E-state index in [2.05, 4.69) is 0 Å². The van der Waals surface area contributed by atoms with Gasteiger partial charge >= 0.3 is 0 Å². The maximum absolute atomic E-state index is 13.6. The first kappa shape index (κ1) is 20.2. The number of nitrogens with zero attached hydrogens (tertiary/aromatic N) is 2. The highest BCUT2D eigenvalue weighted by Gasteiger charge is 2.39. The first-order valence-corrected chi connectivity index (χ1v) is 10.9. The summed E-state index contributed by atoms with van der Waals surface area (Å²) >= 11 is 7.46. The third kappa shape index (κ3) is 4.42. The number of thioether (sulfide) groups is 1. The van der Waals surface area contributed by atoms with E-state index < -0.39 is 6.04 Å². The number of amides is 2. The van der Waals surface area contributed by atoms with Gasteiger partial charge in [-0.3, -0.25) is 9.59 Å². The number of morpholine rings is 1. The number of hydrogen-bond donors (Lipinski definition) is 0. The highest BCUT2D eigenvalue weighted by atomic mass is 35.5. The summed E-state index contributed by atoms with van der Waals surface area (Å²) in [6, 6.07) is 12.4. The number of rotatable bonds is 3. The van der Waals surface area contributed by atoms with Crippen LogP contribution < -0.4 is 0 Å². The van der Waals surface area contributed by atoms with Crippen LogP contribution in [0.3, 0.4) is 0 Å². The molecule has 2 aliphatic rings. The summed E-state index contributed by atoms with van der Waals surface area (Å²) in [5.41, 5.74) is 1.21. The topological polar surface area (TPSA) is 49.9 Å². The highest BCUT2D eigenvalue weighted by molar-refractivity contribution is 7.99. The predicted octanol–water partition coefficient (Wildman–Crippen LogP) is 3.59. The van der Waals surface area contributed by atoms with E-state index in [1.807, 2.05) is 0 Å². The van der Waals surface area contributed by atoms with E-state index in [9.17, 15) is 14.0 Å². The van der Waals surface area contributed by atoms with Crippen molar-refractivity contribution in [3.8, 4) is 0 Å². The zero-order chi connectivity index (χ0) is 20.4. The minimum absolute atomic E-state index is 0.0954. The summed E-state index contributed by atoms with van der Waals surface area (Å²) in [6.07, 6.45) is -0.377. The van der Waals surface area contributed by atoms with Crippen molar-refractivity contribution in [3.63, 3.8) is 0 Å². The monoisotopic (exact) mass is 434 g/mol. The number of carbonyl (C=O) groups is 2. The molecule has 29 heavy (non-hydrogen) atoms. The molecule has 4 rings (SSSR count). The Hall–Kier alpha value is -2.09. The van der Waals surface area contributed by atoms with Gasteiger partial charge in [-0.25, -0.2) is 4.39 Å². The molecular weight excluding hydrogens is 415 g/mol. The number of ether oxygens (including phenoxy) is 1. The molecular formula is C21H20ClFN2O3S. The minimum atomic E-state index is -0.519. The molecule has 8 heteroatoms. The molecule has 2 saturated heterocycles. The first-order chi connectivity index (χ1) is 14.0. The Morgan fingerprint density at radius 1 is 1.17 bits per heavy atom. The van der Waals surface area contributed by atoms with E-state index in [1.165, 1.54) is 12.1 Å². The van der Waals surface area contributed by atoms with Crippen molar-refractivity contribution in [2.75, 3.05) is 31.3 Å². The fourth-order valence-corrected chi connectivity index (χ4v) is 4.85. The summed E-state index contributed by atoms with van der Waals surface area (Å²) in [6.45, 7) is 1.17. The second-order valence-electron chi connectivity index (χ2n) is 7.00. The van der Waals surface area contributed by atoms with Gasteiger partial charge < -0.3 is 14.5 Å². The van der Waals surface area contributed by atoms with E-state index in [1.54, 1.807) is 58.0 Å². The van der Waals surface area contributed by atoms with Gasteiger partial charge in [0.2, 0.25) is 5.91 Å². The molecule has 0 N–H and O–H groups in total. The van der Waals surface area contributed by atoms with E-state index in [0.717, 1.165) is 0 Å². The van der Waals surface area contributed by atoms with Gasteiger partial charge in [0.05, 0.1) is 19.0 Å². The van der Waals surface area contributed by atoms with Crippen LogP contribution in [0.5, 0.6) is 0 Å². The second kappa shape index (κ2) is 8.73. The van der Waals surface area contributed by atoms with Crippen molar-refractivity contribution < 1.29 is 18.7 Å². The Balaban J connectivity index is 1.47. The maximum Gasteiger partial charge on any atom is 0.255 e. The average Bonchev–Trinajstić information content (AvgIpc) is 3.23. The lowest BCUT2D eigenvalue weighted by Crippen LogP contribution is -2.52. The Labute approximate surface area is 177 Å². The highest BCUT2D eigenvalue weighted by Crippen LogP contribution is 2.28. The average molecular weight is 435 g/mol. The molecule has 2 atom stereocenters. The molecule has 2 unspecified atom stereocenters. The number of halogens is 2.